The summed E-state index contributed by atoms with van der Waals surface area (Å²) >= 11 is 1.01. The summed E-state index contributed by atoms with van der Waals surface area (Å²) in [6.45, 7) is 3.78. The Morgan fingerprint density at radius 3 is 2.53 bits per heavy atom. The Bertz CT molecular complexity index is 1150. The van der Waals surface area contributed by atoms with Gasteiger partial charge in [0, 0.05) is 5.56 Å². The molecular weight excluding hydrogens is 430 g/mol. The molecule has 2 N–H and O–H groups in total. The number of imide groups is 1. The number of nitrogens with one attached hydrogen (secondary N) is 2. The second kappa shape index (κ2) is 8.83. The molecule has 1 atom stereocenters. The molecular formula is C22H21N5O4S. The molecule has 1 unspecified atom stereocenters. The largest absolute Gasteiger partial charge is 0.411 e. The lowest BCUT2D eigenvalue weighted by atomic mass is 9.87. The zero-order chi connectivity index (χ0) is 22.7. The highest BCUT2D eigenvalue weighted by atomic mass is 32.2. The highest BCUT2D eigenvalue weighted by molar-refractivity contribution is 7.99. The van der Waals surface area contributed by atoms with E-state index >= 15 is 0 Å². The molecule has 4 rings (SSSR count). The molecule has 2 heterocycles. The van der Waals surface area contributed by atoms with Gasteiger partial charge < -0.3 is 9.73 Å². The monoisotopic (exact) mass is 451 g/mol. The van der Waals surface area contributed by atoms with E-state index < -0.39 is 23.4 Å². The molecule has 1 aliphatic rings. The summed E-state index contributed by atoms with van der Waals surface area (Å²) in [5.41, 5.74) is 3.70. The van der Waals surface area contributed by atoms with Crippen molar-refractivity contribution in [2.24, 2.45) is 0 Å². The van der Waals surface area contributed by atoms with E-state index in [1.807, 2.05) is 37.3 Å². The zero-order valence-electron chi connectivity index (χ0n) is 17.5. The van der Waals surface area contributed by atoms with Gasteiger partial charge in [-0.05, 0) is 31.0 Å². The number of aromatic nitrogens is 2. The molecule has 1 aliphatic heterocycles. The molecule has 3 aromatic rings. The Hall–Kier alpha value is -3.66. The van der Waals surface area contributed by atoms with E-state index in [2.05, 4.69) is 20.9 Å². The Balaban J connectivity index is 1.39. The molecule has 0 aliphatic carbocycles. The minimum Gasteiger partial charge on any atom is -0.411 e. The number of urea groups is 1. The lowest BCUT2D eigenvalue weighted by Gasteiger charge is -2.25. The second-order valence-corrected chi connectivity index (χ2v) is 8.19. The minimum absolute atomic E-state index is 0.114. The van der Waals surface area contributed by atoms with Gasteiger partial charge in [-0.25, -0.2) is 4.79 Å². The standard InChI is InChI=1S/C22H21N5O4S/c1-3-22(16-7-5-4-6-8-16)19(29)27(20(30)23-22)26-17(28)13-32-21-25-24-18(31-21)15-11-9-14(2)10-12-15/h4-12H,3,13H2,1-2H3,(H,23,30)(H,26,28). The van der Waals surface area contributed by atoms with Crippen LogP contribution in [-0.4, -0.2) is 38.8 Å². The predicted octanol–water partition coefficient (Wildman–Crippen LogP) is 3.03. The first-order valence-electron chi connectivity index (χ1n) is 9.98. The van der Waals surface area contributed by atoms with Crippen LogP contribution < -0.4 is 10.7 Å². The number of aryl methyl sites for hydroxylation is 1. The lowest BCUT2D eigenvalue weighted by Crippen LogP contribution is -2.49. The van der Waals surface area contributed by atoms with Crippen molar-refractivity contribution in [3.05, 3.63) is 65.7 Å². The summed E-state index contributed by atoms with van der Waals surface area (Å²) in [6, 6.07) is 15.9. The molecule has 1 aromatic heterocycles. The van der Waals surface area contributed by atoms with E-state index in [0.29, 0.717) is 17.9 Å². The number of hydrogen-bond acceptors (Lipinski definition) is 7. The quantitative estimate of drug-likeness (QED) is 0.419. The van der Waals surface area contributed by atoms with Crippen LogP contribution in [0.1, 0.15) is 24.5 Å². The van der Waals surface area contributed by atoms with Crippen LogP contribution in [0, 0.1) is 6.92 Å². The third kappa shape index (κ3) is 4.09. The highest BCUT2D eigenvalue weighted by Gasteiger charge is 2.52. The van der Waals surface area contributed by atoms with Gasteiger partial charge in [0.1, 0.15) is 5.54 Å². The first-order valence-corrected chi connectivity index (χ1v) is 11.0. The first-order chi connectivity index (χ1) is 15.4. The Labute approximate surface area is 188 Å². The van der Waals surface area contributed by atoms with Crippen molar-refractivity contribution in [2.45, 2.75) is 31.0 Å². The molecule has 1 fully saturated rings. The van der Waals surface area contributed by atoms with Gasteiger partial charge >= 0.3 is 6.03 Å². The topological polar surface area (TPSA) is 117 Å². The number of amides is 4. The number of hydrogen-bond donors (Lipinski definition) is 2. The number of rotatable bonds is 7. The second-order valence-electron chi connectivity index (χ2n) is 7.26. The number of carbonyl (C=O) groups excluding carboxylic acids is 3. The number of hydrazine groups is 1. The van der Waals surface area contributed by atoms with Crippen molar-refractivity contribution < 1.29 is 18.8 Å². The normalized spacial score (nSPS) is 18.0. The average Bonchev–Trinajstić information content (AvgIpc) is 3.38. The van der Waals surface area contributed by atoms with Crippen molar-refractivity contribution in [2.75, 3.05) is 5.75 Å². The van der Waals surface area contributed by atoms with E-state index in [1.54, 1.807) is 31.2 Å². The van der Waals surface area contributed by atoms with Gasteiger partial charge in [-0.2, -0.15) is 5.01 Å². The van der Waals surface area contributed by atoms with E-state index in [4.69, 9.17) is 4.42 Å². The molecule has 10 heteroatoms. The van der Waals surface area contributed by atoms with Crippen LogP contribution >= 0.6 is 11.8 Å². The van der Waals surface area contributed by atoms with Gasteiger partial charge in [-0.15, -0.1) is 10.2 Å². The number of carbonyl (C=O) groups is 3. The molecule has 4 amide bonds. The Morgan fingerprint density at radius 1 is 1.12 bits per heavy atom. The predicted molar refractivity (Wildman–Crippen MR) is 117 cm³/mol. The van der Waals surface area contributed by atoms with Gasteiger partial charge in [-0.3, -0.25) is 15.0 Å². The maximum absolute atomic E-state index is 13.0. The van der Waals surface area contributed by atoms with Crippen LogP contribution in [0.5, 0.6) is 0 Å². The highest BCUT2D eigenvalue weighted by Crippen LogP contribution is 2.31. The lowest BCUT2D eigenvalue weighted by molar-refractivity contribution is -0.138. The van der Waals surface area contributed by atoms with E-state index in [-0.39, 0.29) is 11.0 Å². The molecule has 164 valence electrons. The van der Waals surface area contributed by atoms with Gasteiger partial charge in [-0.1, -0.05) is 66.7 Å². The van der Waals surface area contributed by atoms with Crippen molar-refractivity contribution in [3.8, 4) is 11.5 Å². The fourth-order valence-electron chi connectivity index (χ4n) is 3.40. The van der Waals surface area contributed by atoms with Gasteiger partial charge in [0.2, 0.25) is 11.8 Å². The van der Waals surface area contributed by atoms with Gasteiger partial charge in [0.25, 0.3) is 11.1 Å². The fraction of sp³-hybridized carbons (Fsp3) is 0.227. The zero-order valence-corrected chi connectivity index (χ0v) is 18.3. The molecule has 0 saturated carbocycles. The van der Waals surface area contributed by atoms with Gasteiger partial charge in [0.15, 0.2) is 0 Å². The average molecular weight is 452 g/mol. The van der Waals surface area contributed by atoms with Crippen LogP contribution in [0.25, 0.3) is 11.5 Å². The van der Waals surface area contributed by atoms with Crippen LogP contribution in [0.2, 0.25) is 0 Å². The van der Waals surface area contributed by atoms with E-state index in [0.717, 1.165) is 27.9 Å². The molecule has 32 heavy (non-hydrogen) atoms. The summed E-state index contributed by atoms with van der Waals surface area (Å²) < 4.78 is 5.58. The summed E-state index contributed by atoms with van der Waals surface area (Å²) in [5.74, 6) is -0.850. The number of benzene rings is 2. The van der Waals surface area contributed by atoms with Crippen molar-refractivity contribution in [1.29, 1.82) is 0 Å². The fourth-order valence-corrected chi connectivity index (χ4v) is 3.96. The molecule has 0 bridgehead atoms. The van der Waals surface area contributed by atoms with E-state index in [1.165, 1.54) is 0 Å². The molecule has 1 saturated heterocycles. The maximum Gasteiger partial charge on any atom is 0.344 e. The summed E-state index contributed by atoms with van der Waals surface area (Å²) in [5, 5.41) is 11.6. The molecule has 0 radical (unpaired) electrons. The molecule has 0 spiro atoms. The van der Waals surface area contributed by atoms with Crippen LogP contribution in [0.3, 0.4) is 0 Å². The molecule has 9 nitrogen and oxygen atoms in total. The third-order valence-corrected chi connectivity index (χ3v) is 5.98. The van der Waals surface area contributed by atoms with Crippen molar-refractivity contribution in [1.82, 2.24) is 25.9 Å². The van der Waals surface area contributed by atoms with E-state index in [9.17, 15) is 14.4 Å². The summed E-state index contributed by atoms with van der Waals surface area (Å²) in [6.07, 6.45) is 0.340. The SMILES string of the molecule is CCC1(c2ccccc2)NC(=O)N(NC(=O)CSc2nnc(-c3ccc(C)cc3)o2)C1=O. The first kappa shape index (κ1) is 21.6. The number of nitrogens with zero attached hydrogens (tertiary/aromatic N) is 3. The van der Waals surface area contributed by atoms with Gasteiger partial charge in [0.05, 0.1) is 5.75 Å². The van der Waals surface area contributed by atoms with Crippen molar-refractivity contribution >= 4 is 29.6 Å². The summed E-state index contributed by atoms with van der Waals surface area (Å²) in [4.78, 5) is 37.9. The summed E-state index contributed by atoms with van der Waals surface area (Å²) in [7, 11) is 0. The maximum atomic E-state index is 13.0. The van der Waals surface area contributed by atoms with Crippen LogP contribution in [0.15, 0.2) is 64.2 Å². The number of thioether (sulfide) groups is 1. The minimum atomic E-state index is -1.21. The Kier molecular flexibility index (Phi) is 5.95. The van der Waals surface area contributed by atoms with Crippen molar-refractivity contribution in [3.63, 3.8) is 0 Å². The van der Waals surface area contributed by atoms with Crippen LogP contribution in [-0.2, 0) is 15.1 Å². The smallest absolute Gasteiger partial charge is 0.344 e. The van der Waals surface area contributed by atoms with Crippen LogP contribution in [0.4, 0.5) is 4.79 Å². The third-order valence-electron chi connectivity index (χ3n) is 5.16. The Morgan fingerprint density at radius 2 is 1.84 bits per heavy atom. The molecule has 2 aromatic carbocycles.